The number of hydrogen-bond donors (Lipinski definition) is 2. The number of nitrogens with zero attached hydrogens (tertiary/aromatic N) is 1. The second kappa shape index (κ2) is 7.47. The fourth-order valence-electron chi connectivity index (χ4n) is 3.38. The molecule has 0 radical (unpaired) electrons. The topological polar surface area (TPSA) is 78.5 Å². The van der Waals surface area contributed by atoms with Gasteiger partial charge in [-0.05, 0) is 25.0 Å². The Balaban J connectivity index is 1.46. The molecule has 1 heterocycles. The predicted molar refractivity (Wildman–Crippen MR) is 89.8 cm³/mol. The van der Waals surface area contributed by atoms with Crippen LogP contribution in [0.1, 0.15) is 59.2 Å². The van der Waals surface area contributed by atoms with Crippen LogP contribution < -0.4 is 10.6 Å². The summed E-state index contributed by atoms with van der Waals surface area (Å²) in [5, 5.41) is 5.73. The smallest absolute Gasteiger partial charge is 0.315 e. The molecule has 0 unspecified atom stereocenters. The normalized spacial score (nSPS) is 18.2. The Hall–Kier alpha value is -2.37. The first-order chi connectivity index (χ1) is 11.7. The molecule has 128 valence electrons. The lowest BCUT2D eigenvalue weighted by Crippen LogP contribution is -2.45. The zero-order valence-corrected chi connectivity index (χ0v) is 13.7. The van der Waals surface area contributed by atoms with E-state index >= 15 is 0 Å². The summed E-state index contributed by atoms with van der Waals surface area (Å²) >= 11 is 0. The van der Waals surface area contributed by atoms with E-state index in [1.165, 1.54) is 17.7 Å². The van der Waals surface area contributed by atoms with Crippen molar-refractivity contribution in [2.45, 2.75) is 44.6 Å². The summed E-state index contributed by atoms with van der Waals surface area (Å²) in [5.41, 5.74) is 0.871. The fraction of sp³-hybridized carbons (Fsp3) is 0.500. The lowest BCUT2D eigenvalue weighted by Gasteiger charge is -2.18. The summed E-state index contributed by atoms with van der Waals surface area (Å²) in [5.74, 6) is -0.580. The lowest BCUT2D eigenvalue weighted by molar-refractivity contribution is 0.0655. The van der Waals surface area contributed by atoms with Gasteiger partial charge in [-0.15, -0.1) is 0 Å². The van der Waals surface area contributed by atoms with Gasteiger partial charge >= 0.3 is 6.03 Å². The van der Waals surface area contributed by atoms with E-state index in [0.29, 0.717) is 11.1 Å². The molecule has 0 atom stereocenters. The average Bonchev–Trinajstić information content (AvgIpc) is 2.77. The maximum absolute atomic E-state index is 12.2. The van der Waals surface area contributed by atoms with E-state index < -0.39 is 0 Å². The SMILES string of the molecule is O=C(NCCN1C(=O)c2ccccc2C1=O)NC1CCCCCC1. The third-order valence-corrected chi connectivity index (χ3v) is 4.69. The van der Waals surface area contributed by atoms with Crippen LogP contribution in [-0.4, -0.2) is 41.9 Å². The van der Waals surface area contributed by atoms with E-state index in [4.69, 9.17) is 0 Å². The number of fused-ring (bicyclic) bond motifs is 1. The average molecular weight is 329 g/mol. The van der Waals surface area contributed by atoms with Gasteiger partial charge in [0.05, 0.1) is 11.1 Å². The first kappa shape index (κ1) is 16.5. The summed E-state index contributed by atoms with van der Waals surface area (Å²) in [6.45, 7) is 0.439. The minimum absolute atomic E-state index is 0.185. The summed E-state index contributed by atoms with van der Waals surface area (Å²) in [6.07, 6.45) is 6.82. The minimum atomic E-state index is -0.290. The van der Waals surface area contributed by atoms with Crippen LogP contribution in [0.3, 0.4) is 0 Å². The number of nitrogens with one attached hydrogen (secondary N) is 2. The van der Waals surface area contributed by atoms with Gasteiger partial charge in [-0.1, -0.05) is 37.8 Å². The number of amides is 4. The highest BCUT2D eigenvalue weighted by atomic mass is 16.2. The van der Waals surface area contributed by atoms with Gasteiger partial charge < -0.3 is 10.6 Å². The molecule has 1 fully saturated rings. The maximum atomic E-state index is 12.2. The van der Waals surface area contributed by atoms with Crippen LogP contribution in [0.15, 0.2) is 24.3 Å². The number of imide groups is 1. The zero-order chi connectivity index (χ0) is 16.9. The van der Waals surface area contributed by atoms with Gasteiger partial charge in [0.1, 0.15) is 0 Å². The number of urea groups is 1. The highest BCUT2D eigenvalue weighted by molar-refractivity contribution is 6.21. The lowest BCUT2D eigenvalue weighted by atomic mass is 10.1. The van der Waals surface area contributed by atoms with E-state index in [1.807, 2.05) is 0 Å². The molecule has 2 N–H and O–H groups in total. The summed E-state index contributed by atoms with van der Waals surface area (Å²) in [6, 6.07) is 6.80. The summed E-state index contributed by atoms with van der Waals surface area (Å²) in [7, 11) is 0. The molecule has 1 aliphatic carbocycles. The van der Waals surface area contributed by atoms with Crippen molar-refractivity contribution in [1.82, 2.24) is 15.5 Å². The molecule has 2 aliphatic rings. The molecule has 0 spiro atoms. The van der Waals surface area contributed by atoms with Gasteiger partial charge in [0.25, 0.3) is 11.8 Å². The van der Waals surface area contributed by atoms with Crippen molar-refractivity contribution in [3.63, 3.8) is 0 Å². The van der Waals surface area contributed by atoms with E-state index in [1.54, 1.807) is 24.3 Å². The predicted octanol–water partition coefficient (Wildman–Crippen LogP) is 2.30. The highest BCUT2D eigenvalue weighted by Crippen LogP contribution is 2.21. The Bertz CT molecular complexity index is 601. The van der Waals surface area contributed by atoms with Crippen molar-refractivity contribution in [2.75, 3.05) is 13.1 Å². The van der Waals surface area contributed by atoms with E-state index in [-0.39, 0.29) is 37.0 Å². The second-order valence-electron chi connectivity index (χ2n) is 6.40. The van der Waals surface area contributed by atoms with Crippen molar-refractivity contribution >= 4 is 17.8 Å². The molecule has 1 aliphatic heterocycles. The Labute approximate surface area is 141 Å². The van der Waals surface area contributed by atoms with Crippen molar-refractivity contribution < 1.29 is 14.4 Å². The van der Waals surface area contributed by atoms with Gasteiger partial charge in [-0.2, -0.15) is 0 Å². The largest absolute Gasteiger partial charge is 0.336 e. The fourth-order valence-corrected chi connectivity index (χ4v) is 3.38. The number of benzene rings is 1. The van der Waals surface area contributed by atoms with Crippen molar-refractivity contribution in [1.29, 1.82) is 0 Å². The van der Waals surface area contributed by atoms with E-state index in [2.05, 4.69) is 10.6 Å². The number of carbonyl (C=O) groups is 3. The summed E-state index contributed by atoms with van der Waals surface area (Å²) < 4.78 is 0. The molecular weight excluding hydrogens is 306 g/mol. The molecule has 6 nitrogen and oxygen atoms in total. The Morgan fingerprint density at radius 2 is 1.58 bits per heavy atom. The van der Waals surface area contributed by atoms with Gasteiger partial charge in [-0.3, -0.25) is 14.5 Å². The second-order valence-corrected chi connectivity index (χ2v) is 6.40. The molecule has 1 aromatic carbocycles. The monoisotopic (exact) mass is 329 g/mol. The first-order valence-corrected chi connectivity index (χ1v) is 8.66. The van der Waals surface area contributed by atoms with E-state index in [9.17, 15) is 14.4 Å². The van der Waals surface area contributed by atoms with Gasteiger partial charge in [0.2, 0.25) is 0 Å². The van der Waals surface area contributed by atoms with Crippen molar-refractivity contribution in [3.05, 3.63) is 35.4 Å². The zero-order valence-electron chi connectivity index (χ0n) is 13.7. The molecule has 1 saturated carbocycles. The number of hydrogen-bond acceptors (Lipinski definition) is 3. The van der Waals surface area contributed by atoms with Crippen LogP contribution >= 0.6 is 0 Å². The van der Waals surface area contributed by atoms with Gasteiger partial charge in [0.15, 0.2) is 0 Å². The molecule has 0 saturated heterocycles. The molecule has 6 heteroatoms. The highest BCUT2D eigenvalue weighted by Gasteiger charge is 2.34. The Kier molecular flexibility index (Phi) is 5.13. The Morgan fingerprint density at radius 1 is 1.00 bits per heavy atom. The van der Waals surface area contributed by atoms with Crippen molar-refractivity contribution in [3.8, 4) is 0 Å². The molecule has 0 bridgehead atoms. The van der Waals surface area contributed by atoms with Crippen LogP contribution in [0.5, 0.6) is 0 Å². The molecular formula is C18H23N3O3. The van der Waals surface area contributed by atoms with Crippen LogP contribution in [-0.2, 0) is 0 Å². The number of rotatable bonds is 4. The molecule has 3 rings (SSSR count). The third-order valence-electron chi connectivity index (χ3n) is 4.69. The molecule has 24 heavy (non-hydrogen) atoms. The van der Waals surface area contributed by atoms with Crippen LogP contribution in [0.4, 0.5) is 4.79 Å². The quantitative estimate of drug-likeness (QED) is 0.657. The summed E-state index contributed by atoms with van der Waals surface area (Å²) in [4.78, 5) is 37.6. The third kappa shape index (κ3) is 3.58. The molecule has 4 amide bonds. The standard InChI is InChI=1S/C18H23N3O3/c22-16-14-9-5-6-10-15(14)17(23)21(16)12-11-19-18(24)20-13-7-3-1-2-4-8-13/h5-6,9-10,13H,1-4,7-8,11-12H2,(H2,19,20,24). The molecule has 1 aromatic rings. The van der Waals surface area contributed by atoms with Crippen LogP contribution in [0, 0.1) is 0 Å². The van der Waals surface area contributed by atoms with Gasteiger partial charge in [0, 0.05) is 19.1 Å². The minimum Gasteiger partial charge on any atom is -0.336 e. The number of carbonyl (C=O) groups excluding carboxylic acids is 3. The van der Waals surface area contributed by atoms with Crippen molar-refractivity contribution in [2.24, 2.45) is 0 Å². The molecule has 0 aromatic heterocycles. The Morgan fingerprint density at radius 3 is 2.17 bits per heavy atom. The van der Waals surface area contributed by atoms with Crippen LogP contribution in [0.2, 0.25) is 0 Å². The maximum Gasteiger partial charge on any atom is 0.315 e. The van der Waals surface area contributed by atoms with Gasteiger partial charge in [-0.25, -0.2) is 4.79 Å². The first-order valence-electron chi connectivity index (χ1n) is 8.66. The van der Waals surface area contributed by atoms with Crippen LogP contribution in [0.25, 0.3) is 0 Å². The van der Waals surface area contributed by atoms with E-state index in [0.717, 1.165) is 25.7 Å².